The fourth-order valence-electron chi connectivity index (χ4n) is 3.50. The highest BCUT2D eigenvalue weighted by Gasteiger charge is 2.54. The first-order valence-corrected chi connectivity index (χ1v) is 14.6. The Balaban J connectivity index is 1.98. The van der Waals surface area contributed by atoms with Crippen molar-refractivity contribution in [3.8, 4) is 0 Å². The smallest absolute Gasteiger partial charge is 0.407 e. The molecule has 1 aromatic rings. The highest BCUT2D eigenvalue weighted by Crippen LogP contribution is 2.45. The first kappa shape index (κ1) is 19.6. The van der Waals surface area contributed by atoms with Gasteiger partial charge in [-0.25, -0.2) is 13.2 Å². The molecule has 0 atom stereocenters. The van der Waals surface area contributed by atoms with Gasteiger partial charge in [-0.15, -0.1) is 0 Å². The van der Waals surface area contributed by atoms with E-state index in [2.05, 4.69) is 40.0 Å². The van der Waals surface area contributed by atoms with Crippen molar-refractivity contribution in [1.29, 1.82) is 0 Å². The molecule has 1 aliphatic carbocycles. The van der Waals surface area contributed by atoms with Crippen LogP contribution in [-0.4, -0.2) is 57.1 Å². The van der Waals surface area contributed by atoms with E-state index in [1.807, 2.05) is 18.2 Å². The minimum Gasteiger partial charge on any atom is -0.465 e. The Kier molecular flexibility index (Phi) is 4.86. The lowest BCUT2D eigenvalue weighted by Crippen LogP contribution is -2.61. The van der Waals surface area contributed by atoms with E-state index in [9.17, 15) is 18.3 Å². The predicted molar refractivity (Wildman–Crippen MR) is 108 cm³/mol. The normalized spacial score (nSPS) is 20.3. The lowest BCUT2D eigenvalue weighted by atomic mass is 9.76. The summed E-state index contributed by atoms with van der Waals surface area (Å²) in [6, 6.07) is 6.43. The van der Waals surface area contributed by atoms with Crippen LogP contribution in [0.3, 0.4) is 0 Å². The molecule has 0 aromatic heterocycles. The summed E-state index contributed by atoms with van der Waals surface area (Å²) in [4.78, 5) is 12.5. The molecule has 0 unspecified atom stereocenters. The van der Waals surface area contributed by atoms with Gasteiger partial charge in [0, 0.05) is 31.2 Å². The third kappa shape index (κ3) is 3.89. The van der Waals surface area contributed by atoms with Gasteiger partial charge in [-0.2, -0.15) is 4.40 Å². The Morgan fingerprint density at radius 1 is 1.35 bits per heavy atom. The van der Waals surface area contributed by atoms with Crippen molar-refractivity contribution >= 4 is 45.8 Å². The molecule has 1 N–H and O–H groups in total. The van der Waals surface area contributed by atoms with Crippen LogP contribution in [0, 0.1) is 5.41 Å². The molecule has 0 saturated carbocycles. The summed E-state index contributed by atoms with van der Waals surface area (Å²) < 4.78 is 30.4. The fourth-order valence-corrected chi connectivity index (χ4v) is 8.01. The number of hydrogen-bond donors (Lipinski definition) is 1. The SMILES string of the molecule is C[Si](C)(C)CCS(=O)(=O)N=C1c2cc(Br)ccc2CC12CN(C(=O)O)C2. The van der Waals surface area contributed by atoms with Gasteiger partial charge in [-0.1, -0.05) is 41.6 Å². The topological polar surface area (TPSA) is 87.0 Å². The van der Waals surface area contributed by atoms with Gasteiger partial charge >= 0.3 is 6.09 Å². The maximum absolute atomic E-state index is 12.7. The van der Waals surface area contributed by atoms with E-state index < -0.39 is 29.6 Å². The first-order chi connectivity index (χ1) is 11.9. The van der Waals surface area contributed by atoms with Gasteiger partial charge < -0.3 is 10.0 Å². The fraction of sp³-hybridized carbons (Fsp3) is 0.529. The second kappa shape index (κ2) is 6.45. The number of carbonyl (C=O) groups is 1. The maximum Gasteiger partial charge on any atom is 0.407 e. The second-order valence-electron chi connectivity index (χ2n) is 8.43. The van der Waals surface area contributed by atoms with Crippen molar-refractivity contribution in [2.24, 2.45) is 9.81 Å². The molecule has 3 rings (SSSR count). The van der Waals surface area contributed by atoms with E-state index in [-0.39, 0.29) is 18.8 Å². The molecule has 9 heteroatoms. The van der Waals surface area contributed by atoms with E-state index in [0.717, 1.165) is 15.6 Å². The number of likely N-dealkylation sites (tertiary alicyclic amines) is 1. The Bertz CT molecular complexity index is 887. The molecule has 26 heavy (non-hydrogen) atoms. The number of amides is 1. The third-order valence-electron chi connectivity index (χ3n) is 4.96. The minimum absolute atomic E-state index is 0.0499. The number of fused-ring (bicyclic) bond motifs is 1. The average Bonchev–Trinajstić information content (AvgIpc) is 2.77. The lowest BCUT2D eigenvalue weighted by Gasteiger charge is -2.46. The van der Waals surface area contributed by atoms with Gasteiger partial charge in [0.05, 0.1) is 16.9 Å². The highest BCUT2D eigenvalue weighted by molar-refractivity contribution is 9.10. The van der Waals surface area contributed by atoms with Crippen LogP contribution in [0.2, 0.25) is 25.7 Å². The van der Waals surface area contributed by atoms with Crippen LogP contribution in [0.25, 0.3) is 0 Å². The zero-order chi connectivity index (χ0) is 19.3. The summed E-state index contributed by atoms with van der Waals surface area (Å²) in [6.45, 7) is 6.98. The summed E-state index contributed by atoms with van der Waals surface area (Å²) in [7, 11) is -5.10. The average molecular weight is 459 g/mol. The van der Waals surface area contributed by atoms with Crippen LogP contribution in [0.15, 0.2) is 27.1 Å². The molecular weight excluding hydrogens is 436 g/mol. The number of rotatable bonds is 4. The summed E-state index contributed by atoms with van der Waals surface area (Å²) in [6.07, 6.45) is -0.351. The molecule has 1 spiro atoms. The van der Waals surface area contributed by atoms with Crippen LogP contribution in [-0.2, 0) is 16.4 Å². The minimum atomic E-state index is -3.60. The number of halogens is 1. The number of nitrogens with zero attached hydrogens (tertiary/aromatic N) is 2. The molecular formula is C17H23BrN2O4SSi. The molecule has 1 aliphatic heterocycles. The van der Waals surface area contributed by atoms with E-state index in [1.54, 1.807) is 0 Å². The van der Waals surface area contributed by atoms with E-state index >= 15 is 0 Å². The molecule has 2 aliphatic rings. The largest absolute Gasteiger partial charge is 0.465 e. The molecule has 142 valence electrons. The molecule has 1 fully saturated rings. The number of sulfonamides is 1. The van der Waals surface area contributed by atoms with Gasteiger partial charge in [0.25, 0.3) is 10.0 Å². The van der Waals surface area contributed by atoms with Crippen molar-refractivity contribution in [1.82, 2.24) is 4.90 Å². The van der Waals surface area contributed by atoms with Crippen molar-refractivity contribution < 1.29 is 18.3 Å². The van der Waals surface area contributed by atoms with Gasteiger partial charge in [0.2, 0.25) is 0 Å². The van der Waals surface area contributed by atoms with E-state index in [1.165, 1.54) is 4.90 Å². The van der Waals surface area contributed by atoms with Gasteiger partial charge in [0.15, 0.2) is 0 Å². The quantitative estimate of drug-likeness (QED) is 0.699. The van der Waals surface area contributed by atoms with Gasteiger partial charge in [-0.3, -0.25) is 0 Å². The molecule has 6 nitrogen and oxygen atoms in total. The van der Waals surface area contributed by atoms with Crippen LogP contribution in [0.5, 0.6) is 0 Å². The zero-order valence-electron chi connectivity index (χ0n) is 15.1. The third-order valence-corrected chi connectivity index (χ3v) is 8.74. The second-order valence-corrected chi connectivity index (χ2v) is 16.7. The molecule has 0 radical (unpaired) electrons. The standard InChI is InChI=1S/C17H23BrN2O4SSi/c1-26(2,3)7-6-25(23,24)19-15-14-8-13(18)5-4-12(14)9-17(15)10-20(11-17)16(21)22/h4-5,8H,6-7,9-11H2,1-3H3,(H,21,22). The first-order valence-electron chi connectivity index (χ1n) is 8.51. The Labute approximate surface area is 163 Å². The van der Waals surface area contributed by atoms with E-state index in [0.29, 0.717) is 18.2 Å². The molecule has 0 bridgehead atoms. The maximum atomic E-state index is 12.7. The summed E-state index contributed by atoms with van der Waals surface area (Å²) >= 11 is 3.44. The van der Waals surface area contributed by atoms with Gasteiger partial charge in [-0.05, 0) is 30.2 Å². The summed E-state index contributed by atoms with van der Waals surface area (Å²) in [5, 5.41) is 9.20. The van der Waals surface area contributed by atoms with Crippen LogP contribution in [0.4, 0.5) is 4.79 Å². The monoisotopic (exact) mass is 458 g/mol. The molecule has 1 amide bonds. The Morgan fingerprint density at radius 2 is 2.00 bits per heavy atom. The van der Waals surface area contributed by atoms with Crippen molar-refractivity contribution in [3.05, 3.63) is 33.8 Å². The van der Waals surface area contributed by atoms with Crippen LogP contribution >= 0.6 is 15.9 Å². The van der Waals surface area contributed by atoms with E-state index in [4.69, 9.17) is 0 Å². The molecule has 1 saturated heterocycles. The number of benzene rings is 1. The van der Waals surface area contributed by atoms with Gasteiger partial charge in [0.1, 0.15) is 0 Å². The Hall–Kier alpha value is -1.19. The lowest BCUT2D eigenvalue weighted by molar-refractivity contribution is 0.0565. The molecule has 1 aromatic carbocycles. The van der Waals surface area contributed by atoms with Crippen molar-refractivity contribution in [2.75, 3.05) is 18.8 Å². The highest BCUT2D eigenvalue weighted by atomic mass is 79.9. The number of hydrogen-bond acceptors (Lipinski definition) is 3. The van der Waals surface area contributed by atoms with Crippen molar-refractivity contribution in [2.45, 2.75) is 32.1 Å². The van der Waals surface area contributed by atoms with Crippen LogP contribution < -0.4 is 0 Å². The van der Waals surface area contributed by atoms with Crippen LogP contribution in [0.1, 0.15) is 11.1 Å². The summed E-state index contributed by atoms with van der Waals surface area (Å²) in [5.41, 5.74) is 1.86. The number of carboxylic acid groups (broad SMARTS) is 1. The zero-order valence-corrected chi connectivity index (χ0v) is 18.5. The van der Waals surface area contributed by atoms with Crippen molar-refractivity contribution in [3.63, 3.8) is 0 Å². The summed E-state index contributed by atoms with van der Waals surface area (Å²) in [5.74, 6) is 0.0499. The predicted octanol–water partition coefficient (Wildman–Crippen LogP) is 3.44. The molecule has 1 heterocycles. The Morgan fingerprint density at radius 3 is 2.58 bits per heavy atom.